The predicted octanol–water partition coefficient (Wildman–Crippen LogP) is 2.53. The van der Waals surface area contributed by atoms with Crippen molar-refractivity contribution in [2.24, 2.45) is 0 Å². The van der Waals surface area contributed by atoms with Crippen LogP contribution in [0.25, 0.3) is 0 Å². The van der Waals surface area contributed by atoms with Gasteiger partial charge in [0.05, 0.1) is 12.2 Å². The zero-order valence-corrected chi connectivity index (χ0v) is 11.0. The first kappa shape index (κ1) is 14.3. The Kier molecular flexibility index (Phi) is 7.69. The topological polar surface area (TPSA) is 21.3 Å². The van der Waals surface area contributed by atoms with Crippen molar-refractivity contribution >= 4 is 11.8 Å². The molecule has 14 heavy (non-hydrogen) atoms. The van der Waals surface area contributed by atoms with Crippen molar-refractivity contribution in [3.63, 3.8) is 0 Å². The summed E-state index contributed by atoms with van der Waals surface area (Å²) >= 11 is 1.98. The summed E-state index contributed by atoms with van der Waals surface area (Å²) in [4.78, 5) is 0. The molecule has 0 aliphatic rings. The summed E-state index contributed by atoms with van der Waals surface area (Å²) in [5, 5.41) is 3.44. The first-order valence-electron chi connectivity index (χ1n) is 5.41. The standard InChI is InChI=1S/C11H25NOS/c1-6-14-9-10(2)12-7-8-13-11(3,4)5/h10,12H,6-9H2,1-5H3. The SMILES string of the molecule is CCSCC(C)NCCOC(C)(C)C. The quantitative estimate of drug-likeness (QED) is 0.665. The lowest BCUT2D eigenvalue weighted by atomic mass is 10.2. The van der Waals surface area contributed by atoms with Gasteiger partial charge in [0.1, 0.15) is 0 Å². The summed E-state index contributed by atoms with van der Waals surface area (Å²) in [5.41, 5.74) is -0.0108. The molecule has 0 aliphatic carbocycles. The molecule has 0 aromatic carbocycles. The van der Waals surface area contributed by atoms with Crippen molar-refractivity contribution in [1.29, 1.82) is 0 Å². The van der Waals surface area contributed by atoms with E-state index in [0.29, 0.717) is 6.04 Å². The molecule has 2 nitrogen and oxygen atoms in total. The second-order valence-electron chi connectivity index (χ2n) is 4.48. The Labute approximate surface area is 93.2 Å². The fraction of sp³-hybridized carbons (Fsp3) is 1.00. The van der Waals surface area contributed by atoms with Gasteiger partial charge in [-0.15, -0.1) is 0 Å². The lowest BCUT2D eigenvalue weighted by molar-refractivity contribution is -0.00130. The van der Waals surface area contributed by atoms with Gasteiger partial charge in [0.25, 0.3) is 0 Å². The van der Waals surface area contributed by atoms with Gasteiger partial charge in [-0.2, -0.15) is 11.8 Å². The van der Waals surface area contributed by atoms with Crippen LogP contribution in [0.3, 0.4) is 0 Å². The van der Waals surface area contributed by atoms with E-state index in [2.05, 4.69) is 39.9 Å². The van der Waals surface area contributed by atoms with Crippen molar-refractivity contribution < 1.29 is 4.74 Å². The smallest absolute Gasteiger partial charge is 0.0599 e. The number of rotatable bonds is 7. The molecule has 1 unspecified atom stereocenters. The van der Waals surface area contributed by atoms with Gasteiger partial charge >= 0.3 is 0 Å². The minimum atomic E-state index is -0.0108. The van der Waals surface area contributed by atoms with E-state index in [-0.39, 0.29) is 5.60 Å². The first-order valence-corrected chi connectivity index (χ1v) is 6.56. The Morgan fingerprint density at radius 1 is 1.36 bits per heavy atom. The first-order chi connectivity index (χ1) is 6.45. The molecule has 0 radical (unpaired) electrons. The molecule has 0 bridgehead atoms. The van der Waals surface area contributed by atoms with E-state index >= 15 is 0 Å². The van der Waals surface area contributed by atoms with Crippen LogP contribution < -0.4 is 5.32 Å². The Bertz CT molecular complexity index is 134. The summed E-state index contributed by atoms with van der Waals surface area (Å²) in [5.74, 6) is 2.39. The highest BCUT2D eigenvalue weighted by Crippen LogP contribution is 2.05. The molecular weight excluding hydrogens is 194 g/mol. The minimum absolute atomic E-state index is 0.0108. The Balaban J connectivity index is 3.27. The second-order valence-corrected chi connectivity index (χ2v) is 5.79. The normalized spacial score (nSPS) is 14.4. The number of nitrogens with one attached hydrogen (secondary N) is 1. The van der Waals surface area contributed by atoms with Crippen LogP contribution in [0.5, 0.6) is 0 Å². The maximum absolute atomic E-state index is 5.61. The molecule has 0 aromatic rings. The van der Waals surface area contributed by atoms with Gasteiger partial charge in [0.15, 0.2) is 0 Å². The molecule has 0 saturated heterocycles. The molecule has 0 spiro atoms. The van der Waals surface area contributed by atoms with Gasteiger partial charge in [-0.3, -0.25) is 0 Å². The third-order valence-electron chi connectivity index (χ3n) is 1.70. The second kappa shape index (κ2) is 7.55. The average Bonchev–Trinajstić information content (AvgIpc) is 2.07. The number of hydrogen-bond acceptors (Lipinski definition) is 3. The van der Waals surface area contributed by atoms with Crippen LogP contribution in [0.2, 0.25) is 0 Å². The maximum atomic E-state index is 5.61. The molecule has 3 heteroatoms. The van der Waals surface area contributed by atoms with Crippen molar-refractivity contribution in [3.8, 4) is 0 Å². The number of ether oxygens (including phenoxy) is 1. The van der Waals surface area contributed by atoms with E-state index in [1.165, 1.54) is 11.5 Å². The number of thioether (sulfide) groups is 1. The van der Waals surface area contributed by atoms with Gasteiger partial charge in [-0.1, -0.05) is 6.92 Å². The highest BCUT2D eigenvalue weighted by Gasteiger charge is 2.09. The van der Waals surface area contributed by atoms with Gasteiger partial charge in [0, 0.05) is 18.3 Å². The third kappa shape index (κ3) is 10.4. The summed E-state index contributed by atoms with van der Waals surface area (Å²) in [7, 11) is 0. The van der Waals surface area contributed by atoms with E-state index in [1.807, 2.05) is 11.8 Å². The lowest BCUT2D eigenvalue weighted by Gasteiger charge is -2.20. The van der Waals surface area contributed by atoms with Crippen molar-refractivity contribution in [2.45, 2.75) is 46.3 Å². The summed E-state index contributed by atoms with van der Waals surface area (Å²) in [6.07, 6.45) is 0. The minimum Gasteiger partial charge on any atom is -0.375 e. The van der Waals surface area contributed by atoms with Crippen LogP contribution in [0.4, 0.5) is 0 Å². The molecule has 86 valence electrons. The van der Waals surface area contributed by atoms with Crippen molar-refractivity contribution in [1.82, 2.24) is 5.32 Å². The van der Waals surface area contributed by atoms with E-state index in [1.54, 1.807) is 0 Å². The lowest BCUT2D eigenvalue weighted by Crippen LogP contribution is -2.33. The fourth-order valence-corrected chi connectivity index (χ4v) is 1.72. The molecule has 0 aliphatic heterocycles. The molecule has 0 heterocycles. The Morgan fingerprint density at radius 2 is 2.00 bits per heavy atom. The van der Waals surface area contributed by atoms with Gasteiger partial charge in [0.2, 0.25) is 0 Å². The van der Waals surface area contributed by atoms with Gasteiger partial charge < -0.3 is 10.1 Å². The van der Waals surface area contributed by atoms with Crippen molar-refractivity contribution in [2.75, 3.05) is 24.7 Å². The summed E-state index contributed by atoms with van der Waals surface area (Å²) in [6, 6.07) is 0.587. The largest absolute Gasteiger partial charge is 0.375 e. The van der Waals surface area contributed by atoms with Crippen LogP contribution in [0.1, 0.15) is 34.6 Å². The Morgan fingerprint density at radius 3 is 2.50 bits per heavy atom. The molecule has 0 aromatic heterocycles. The van der Waals surface area contributed by atoms with E-state index in [0.717, 1.165) is 13.2 Å². The predicted molar refractivity (Wildman–Crippen MR) is 66.2 cm³/mol. The molecule has 1 N–H and O–H groups in total. The van der Waals surface area contributed by atoms with Crippen LogP contribution in [0.15, 0.2) is 0 Å². The van der Waals surface area contributed by atoms with E-state index in [9.17, 15) is 0 Å². The monoisotopic (exact) mass is 219 g/mol. The highest BCUT2D eigenvalue weighted by molar-refractivity contribution is 7.99. The molecule has 0 rings (SSSR count). The van der Waals surface area contributed by atoms with Crippen molar-refractivity contribution in [3.05, 3.63) is 0 Å². The third-order valence-corrected chi connectivity index (χ3v) is 2.85. The van der Waals surface area contributed by atoms with E-state index in [4.69, 9.17) is 4.74 Å². The number of hydrogen-bond donors (Lipinski definition) is 1. The van der Waals surface area contributed by atoms with Gasteiger partial charge in [-0.25, -0.2) is 0 Å². The zero-order valence-electron chi connectivity index (χ0n) is 10.2. The van der Waals surface area contributed by atoms with Crippen LogP contribution in [-0.4, -0.2) is 36.3 Å². The summed E-state index contributed by atoms with van der Waals surface area (Å²) < 4.78 is 5.61. The van der Waals surface area contributed by atoms with Crippen LogP contribution >= 0.6 is 11.8 Å². The zero-order chi connectivity index (χ0) is 11.0. The Hall–Kier alpha value is 0.270. The van der Waals surface area contributed by atoms with E-state index < -0.39 is 0 Å². The molecule has 1 atom stereocenters. The van der Waals surface area contributed by atoms with Gasteiger partial charge in [-0.05, 0) is 33.4 Å². The van der Waals surface area contributed by atoms with Crippen LogP contribution in [0, 0.1) is 0 Å². The molecule has 0 fully saturated rings. The molecular formula is C11H25NOS. The molecule has 0 amide bonds. The molecule has 0 saturated carbocycles. The summed E-state index contributed by atoms with van der Waals surface area (Å²) in [6.45, 7) is 12.4. The maximum Gasteiger partial charge on any atom is 0.0599 e. The highest BCUT2D eigenvalue weighted by atomic mass is 32.2. The average molecular weight is 219 g/mol. The fourth-order valence-electron chi connectivity index (χ4n) is 1.02. The van der Waals surface area contributed by atoms with Crippen LogP contribution in [-0.2, 0) is 4.74 Å².